The number of rotatable bonds is 7. The van der Waals surface area contributed by atoms with Crippen LogP contribution in [-0.2, 0) is 9.53 Å². The standard InChI is InChI=1S/C13H24N2O2/c16-13(15-12-5-6-12)4-1-7-14-9-11-3-2-8-17-10-11/h11-12,14H,1-10H2,(H,15,16). The van der Waals surface area contributed by atoms with Gasteiger partial charge in [0, 0.05) is 25.6 Å². The van der Waals surface area contributed by atoms with E-state index in [-0.39, 0.29) is 5.91 Å². The van der Waals surface area contributed by atoms with Gasteiger partial charge in [0.15, 0.2) is 0 Å². The van der Waals surface area contributed by atoms with E-state index in [1.807, 2.05) is 0 Å². The zero-order valence-corrected chi connectivity index (χ0v) is 10.5. The van der Waals surface area contributed by atoms with Gasteiger partial charge in [-0.3, -0.25) is 4.79 Å². The zero-order chi connectivity index (χ0) is 11.9. The van der Waals surface area contributed by atoms with E-state index in [0.717, 1.165) is 32.7 Å². The molecule has 0 aromatic rings. The van der Waals surface area contributed by atoms with Crippen molar-refractivity contribution in [1.82, 2.24) is 10.6 Å². The number of amides is 1. The van der Waals surface area contributed by atoms with Gasteiger partial charge in [-0.2, -0.15) is 0 Å². The second-order valence-electron chi connectivity index (χ2n) is 5.23. The number of carbonyl (C=O) groups is 1. The van der Waals surface area contributed by atoms with Crippen LogP contribution in [-0.4, -0.2) is 38.3 Å². The van der Waals surface area contributed by atoms with E-state index in [4.69, 9.17) is 4.74 Å². The molecule has 1 saturated carbocycles. The molecule has 98 valence electrons. The molecule has 1 amide bonds. The highest BCUT2D eigenvalue weighted by Gasteiger charge is 2.22. The molecule has 0 aromatic carbocycles. The molecule has 2 fully saturated rings. The average molecular weight is 240 g/mol. The van der Waals surface area contributed by atoms with E-state index in [9.17, 15) is 4.79 Å². The summed E-state index contributed by atoms with van der Waals surface area (Å²) in [6.07, 6.45) is 6.40. The van der Waals surface area contributed by atoms with Crippen molar-refractivity contribution in [3.8, 4) is 0 Å². The lowest BCUT2D eigenvalue weighted by Crippen LogP contribution is -2.31. The van der Waals surface area contributed by atoms with Crippen LogP contribution in [0.2, 0.25) is 0 Å². The van der Waals surface area contributed by atoms with E-state index in [2.05, 4.69) is 10.6 Å². The summed E-state index contributed by atoms with van der Waals surface area (Å²) in [6, 6.07) is 0.495. The molecule has 1 atom stereocenters. The Bertz CT molecular complexity index is 236. The fourth-order valence-electron chi connectivity index (χ4n) is 2.18. The van der Waals surface area contributed by atoms with Gasteiger partial charge in [-0.05, 0) is 44.6 Å². The van der Waals surface area contributed by atoms with Gasteiger partial charge in [0.05, 0.1) is 6.61 Å². The molecule has 0 radical (unpaired) electrons. The van der Waals surface area contributed by atoms with Crippen molar-refractivity contribution in [2.24, 2.45) is 5.92 Å². The van der Waals surface area contributed by atoms with Gasteiger partial charge in [0.1, 0.15) is 0 Å². The minimum atomic E-state index is 0.218. The molecule has 2 N–H and O–H groups in total. The number of nitrogens with one attached hydrogen (secondary N) is 2. The lowest BCUT2D eigenvalue weighted by atomic mass is 10.0. The van der Waals surface area contributed by atoms with Crippen molar-refractivity contribution in [3.63, 3.8) is 0 Å². The SMILES string of the molecule is O=C(CCCNCC1CCCOC1)NC1CC1. The van der Waals surface area contributed by atoms with Crippen LogP contribution in [0.4, 0.5) is 0 Å². The Labute approximate surface area is 103 Å². The van der Waals surface area contributed by atoms with Crippen LogP contribution in [0.25, 0.3) is 0 Å². The maximum atomic E-state index is 11.4. The summed E-state index contributed by atoms with van der Waals surface area (Å²) < 4.78 is 5.42. The van der Waals surface area contributed by atoms with Crippen molar-refractivity contribution < 1.29 is 9.53 Å². The van der Waals surface area contributed by atoms with Gasteiger partial charge in [0.25, 0.3) is 0 Å². The van der Waals surface area contributed by atoms with Crippen LogP contribution in [0.1, 0.15) is 38.5 Å². The van der Waals surface area contributed by atoms with Gasteiger partial charge in [-0.25, -0.2) is 0 Å². The van der Waals surface area contributed by atoms with Crippen LogP contribution >= 0.6 is 0 Å². The number of hydrogen-bond donors (Lipinski definition) is 2. The summed E-state index contributed by atoms with van der Waals surface area (Å²) in [6.45, 7) is 3.80. The molecule has 0 spiro atoms. The molecule has 4 nitrogen and oxygen atoms in total. The first-order valence-corrected chi connectivity index (χ1v) is 6.92. The molecule has 1 saturated heterocycles. The highest BCUT2D eigenvalue weighted by Crippen LogP contribution is 2.18. The molecule has 0 bridgehead atoms. The zero-order valence-electron chi connectivity index (χ0n) is 10.5. The van der Waals surface area contributed by atoms with Crippen molar-refractivity contribution >= 4 is 5.91 Å². The highest BCUT2D eigenvalue weighted by molar-refractivity contribution is 5.76. The van der Waals surface area contributed by atoms with Gasteiger partial charge >= 0.3 is 0 Å². The molecule has 2 rings (SSSR count). The van der Waals surface area contributed by atoms with Gasteiger partial charge in [-0.1, -0.05) is 0 Å². The Kier molecular flexibility index (Phi) is 5.26. The van der Waals surface area contributed by atoms with E-state index >= 15 is 0 Å². The molecule has 17 heavy (non-hydrogen) atoms. The molecular weight excluding hydrogens is 216 g/mol. The van der Waals surface area contributed by atoms with Crippen molar-refractivity contribution in [3.05, 3.63) is 0 Å². The highest BCUT2D eigenvalue weighted by atomic mass is 16.5. The van der Waals surface area contributed by atoms with Crippen molar-refractivity contribution in [2.75, 3.05) is 26.3 Å². The maximum Gasteiger partial charge on any atom is 0.220 e. The van der Waals surface area contributed by atoms with Crippen molar-refractivity contribution in [1.29, 1.82) is 0 Å². The topological polar surface area (TPSA) is 50.4 Å². The van der Waals surface area contributed by atoms with E-state index in [0.29, 0.717) is 18.4 Å². The Balaban J connectivity index is 1.41. The fraction of sp³-hybridized carbons (Fsp3) is 0.923. The van der Waals surface area contributed by atoms with Gasteiger partial charge < -0.3 is 15.4 Å². The summed E-state index contributed by atoms with van der Waals surface area (Å²) in [7, 11) is 0. The number of ether oxygens (including phenoxy) is 1. The lowest BCUT2D eigenvalue weighted by Gasteiger charge is -2.22. The van der Waals surface area contributed by atoms with Gasteiger partial charge in [0.2, 0.25) is 5.91 Å². The third-order valence-electron chi connectivity index (χ3n) is 3.39. The quantitative estimate of drug-likeness (QED) is 0.654. The molecule has 1 heterocycles. The smallest absolute Gasteiger partial charge is 0.220 e. The Morgan fingerprint density at radius 3 is 2.88 bits per heavy atom. The second kappa shape index (κ2) is 6.97. The minimum absolute atomic E-state index is 0.218. The molecule has 4 heteroatoms. The van der Waals surface area contributed by atoms with Crippen LogP contribution < -0.4 is 10.6 Å². The summed E-state index contributed by atoms with van der Waals surface area (Å²) in [5, 5.41) is 6.43. The average Bonchev–Trinajstić information content (AvgIpc) is 3.14. The first-order valence-electron chi connectivity index (χ1n) is 6.92. The molecule has 2 aliphatic rings. The summed E-state index contributed by atoms with van der Waals surface area (Å²) in [5.41, 5.74) is 0. The minimum Gasteiger partial charge on any atom is -0.381 e. The monoisotopic (exact) mass is 240 g/mol. The summed E-state index contributed by atoms with van der Waals surface area (Å²) in [5.74, 6) is 0.888. The van der Waals surface area contributed by atoms with Crippen LogP contribution in [0.5, 0.6) is 0 Å². The van der Waals surface area contributed by atoms with Crippen LogP contribution in [0.3, 0.4) is 0 Å². The number of carbonyl (C=O) groups excluding carboxylic acids is 1. The summed E-state index contributed by atoms with van der Waals surface area (Å²) in [4.78, 5) is 11.4. The molecule has 1 aliphatic heterocycles. The Morgan fingerprint density at radius 2 is 2.18 bits per heavy atom. The normalized spacial score (nSPS) is 24.6. The van der Waals surface area contributed by atoms with E-state index in [1.165, 1.54) is 25.7 Å². The Morgan fingerprint density at radius 1 is 1.29 bits per heavy atom. The maximum absolute atomic E-state index is 11.4. The first kappa shape index (κ1) is 12.8. The van der Waals surface area contributed by atoms with E-state index < -0.39 is 0 Å². The fourth-order valence-corrected chi connectivity index (χ4v) is 2.18. The molecule has 1 aliphatic carbocycles. The lowest BCUT2D eigenvalue weighted by molar-refractivity contribution is -0.121. The summed E-state index contributed by atoms with van der Waals surface area (Å²) >= 11 is 0. The predicted molar refractivity (Wildman–Crippen MR) is 66.8 cm³/mol. The number of hydrogen-bond acceptors (Lipinski definition) is 3. The first-order chi connectivity index (χ1) is 8.34. The molecule has 1 unspecified atom stereocenters. The van der Waals surface area contributed by atoms with E-state index in [1.54, 1.807) is 0 Å². The molecule has 0 aromatic heterocycles. The van der Waals surface area contributed by atoms with Crippen molar-refractivity contribution in [2.45, 2.75) is 44.6 Å². The Hall–Kier alpha value is -0.610. The third-order valence-corrected chi connectivity index (χ3v) is 3.39. The van der Waals surface area contributed by atoms with Gasteiger partial charge in [-0.15, -0.1) is 0 Å². The van der Waals surface area contributed by atoms with Crippen LogP contribution in [0, 0.1) is 5.92 Å². The largest absolute Gasteiger partial charge is 0.381 e. The predicted octanol–water partition coefficient (Wildman–Crippen LogP) is 1.06. The van der Waals surface area contributed by atoms with Crippen LogP contribution in [0.15, 0.2) is 0 Å². The molecular formula is C13H24N2O2. The third kappa shape index (κ3) is 5.50. The second-order valence-corrected chi connectivity index (χ2v) is 5.23.